The van der Waals surface area contributed by atoms with Gasteiger partial charge in [0.2, 0.25) is 0 Å². The first-order valence-corrected chi connectivity index (χ1v) is 7.15. The third-order valence-corrected chi connectivity index (χ3v) is 3.39. The van der Waals surface area contributed by atoms with Crippen LogP contribution in [0.2, 0.25) is 0 Å². The Morgan fingerprint density at radius 2 is 1.90 bits per heavy atom. The topological polar surface area (TPSA) is 36.0 Å². The van der Waals surface area contributed by atoms with Crippen LogP contribution in [-0.2, 0) is 0 Å². The molecule has 2 rings (SSSR count). The average Bonchev–Trinajstić information content (AvgIpc) is 2.41. The number of halogens is 1. The van der Waals surface area contributed by atoms with E-state index in [2.05, 4.69) is 20.9 Å². The van der Waals surface area contributed by atoms with Crippen molar-refractivity contribution in [3.05, 3.63) is 75.7 Å². The van der Waals surface area contributed by atoms with Gasteiger partial charge in [0.25, 0.3) is 0 Å². The van der Waals surface area contributed by atoms with Gasteiger partial charge in [-0.25, -0.2) is 0 Å². The maximum absolute atomic E-state index is 11.8. The minimum Gasteiger partial charge on any atom is -0.633 e. The summed E-state index contributed by atoms with van der Waals surface area (Å²) in [6.45, 7) is 0.417. The summed E-state index contributed by atoms with van der Waals surface area (Å²) in [6.07, 6.45) is 5.54. The maximum atomic E-state index is 11.8. The standard InChI is InChI=1S/C16H17BrN2O/c1-19(2,20)11-9-16(14-4-3-10-18-12-14)13-5-7-15(17)8-6-13/h3-10,12H,11H2,1-2H3/b16-9-. The SMILES string of the molecule is C[N+](C)([O-])C/C=C(/c1ccc(Br)cc1)c1cccnc1. The summed E-state index contributed by atoms with van der Waals surface area (Å²) in [5, 5.41) is 11.8. The quantitative estimate of drug-likeness (QED) is 0.629. The van der Waals surface area contributed by atoms with Gasteiger partial charge < -0.3 is 9.85 Å². The Morgan fingerprint density at radius 3 is 2.45 bits per heavy atom. The van der Waals surface area contributed by atoms with E-state index >= 15 is 0 Å². The van der Waals surface area contributed by atoms with Crippen molar-refractivity contribution in [2.75, 3.05) is 20.6 Å². The van der Waals surface area contributed by atoms with Crippen molar-refractivity contribution in [1.29, 1.82) is 0 Å². The van der Waals surface area contributed by atoms with E-state index in [0.717, 1.165) is 21.2 Å². The average molecular weight is 333 g/mol. The van der Waals surface area contributed by atoms with Crippen LogP contribution >= 0.6 is 15.9 Å². The summed E-state index contributed by atoms with van der Waals surface area (Å²) in [5.74, 6) is 0. The zero-order chi connectivity index (χ0) is 14.6. The van der Waals surface area contributed by atoms with Crippen molar-refractivity contribution >= 4 is 21.5 Å². The molecule has 0 fully saturated rings. The Hall–Kier alpha value is -1.49. The van der Waals surface area contributed by atoms with E-state index in [1.165, 1.54) is 0 Å². The molecule has 0 unspecified atom stereocenters. The van der Waals surface area contributed by atoms with Crippen LogP contribution in [0.1, 0.15) is 11.1 Å². The lowest BCUT2D eigenvalue weighted by molar-refractivity contribution is -0.833. The molecule has 3 nitrogen and oxygen atoms in total. The third-order valence-electron chi connectivity index (χ3n) is 2.86. The van der Waals surface area contributed by atoms with Crippen LogP contribution in [-0.4, -0.2) is 30.3 Å². The first-order valence-electron chi connectivity index (χ1n) is 6.36. The second-order valence-corrected chi connectivity index (χ2v) is 6.04. The molecule has 20 heavy (non-hydrogen) atoms. The molecule has 0 aliphatic heterocycles. The Labute approximate surface area is 127 Å². The molecule has 0 bridgehead atoms. The molecule has 0 saturated carbocycles. The Kier molecular flexibility index (Phi) is 4.70. The molecule has 0 aliphatic rings. The van der Waals surface area contributed by atoms with Crippen molar-refractivity contribution in [3.8, 4) is 0 Å². The van der Waals surface area contributed by atoms with Crippen LogP contribution in [0, 0.1) is 5.21 Å². The van der Waals surface area contributed by atoms with Gasteiger partial charge in [-0.15, -0.1) is 0 Å². The van der Waals surface area contributed by atoms with E-state index in [4.69, 9.17) is 0 Å². The highest BCUT2D eigenvalue weighted by Crippen LogP contribution is 2.24. The molecular weight excluding hydrogens is 316 g/mol. The lowest BCUT2D eigenvalue weighted by atomic mass is 9.99. The van der Waals surface area contributed by atoms with Crippen LogP contribution in [0.25, 0.3) is 5.57 Å². The Morgan fingerprint density at radius 1 is 1.20 bits per heavy atom. The Bertz CT molecular complexity index is 586. The van der Waals surface area contributed by atoms with E-state index < -0.39 is 0 Å². The molecule has 0 spiro atoms. The molecule has 1 aromatic carbocycles. The summed E-state index contributed by atoms with van der Waals surface area (Å²) in [6, 6.07) is 12.0. The zero-order valence-electron chi connectivity index (χ0n) is 11.6. The minimum absolute atomic E-state index is 0.347. The van der Waals surface area contributed by atoms with Crippen LogP contribution in [0.4, 0.5) is 0 Å². The summed E-state index contributed by atoms with van der Waals surface area (Å²) in [5.41, 5.74) is 3.13. The van der Waals surface area contributed by atoms with Gasteiger partial charge in [-0.05, 0) is 35.4 Å². The van der Waals surface area contributed by atoms with Gasteiger partial charge in [-0.3, -0.25) is 4.98 Å². The van der Waals surface area contributed by atoms with Crippen LogP contribution in [0.15, 0.2) is 59.3 Å². The smallest absolute Gasteiger partial charge is 0.0976 e. The molecule has 1 aromatic heterocycles. The molecule has 1 heterocycles. The number of rotatable bonds is 4. The minimum atomic E-state index is -0.347. The van der Waals surface area contributed by atoms with Gasteiger partial charge in [-0.1, -0.05) is 34.1 Å². The maximum Gasteiger partial charge on any atom is 0.0976 e. The highest BCUT2D eigenvalue weighted by Gasteiger charge is 2.07. The molecular formula is C16H17BrN2O. The van der Waals surface area contributed by atoms with Gasteiger partial charge in [-0.2, -0.15) is 0 Å². The monoisotopic (exact) mass is 332 g/mol. The predicted molar refractivity (Wildman–Crippen MR) is 85.8 cm³/mol. The highest BCUT2D eigenvalue weighted by molar-refractivity contribution is 9.10. The third kappa shape index (κ3) is 4.27. The van der Waals surface area contributed by atoms with Crippen molar-refractivity contribution < 1.29 is 4.65 Å². The molecule has 0 N–H and O–H groups in total. The number of pyridine rings is 1. The normalized spacial score (nSPS) is 12.5. The van der Waals surface area contributed by atoms with Gasteiger partial charge in [0.15, 0.2) is 0 Å². The fourth-order valence-corrected chi connectivity index (χ4v) is 2.13. The molecule has 0 saturated heterocycles. The lowest BCUT2D eigenvalue weighted by Crippen LogP contribution is -2.32. The van der Waals surface area contributed by atoms with E-state index in [1.54, 1.807) is 20.3 Å². The first-order chi connectivity index (χ1) is 9.46. The number of quaternary nitrogens is 1. The number of hydroxylamine groups is 3. The Balaban J connectivity index is 2.42. The van der Waals surface area contributed by atoms with Crippen molar-refractivity contribution in [2.24, 2.45) is 0 Å². The summed E-state index contributed by atoms with van der Waals surface area (Å²) >= 11 is 3.44. The van der Waals surface area contributed by atoms with Crippen LogP contribution in [0.5, 0.6) is 0 Å². The second-order valence-electron chi connectivity index (χ2n) is 5.12. The van der Waals surface area contributed by atoms with Gasteiger partial charge in [0.1, 0.15) is 0 Å². The molecule has 0 atom stereocenters. The van der Waals surface area contributed by atoms with Crippen LogP contribution < -0.4 is 0 Å². The summed E-state index contributed by atoms with van der Waals surface area (Å²) in [4.78, 5) is 4.16. The van der Waals surface area contributed by atoms with E-state index in [9.17, 15) is 5.21 Å². The van der Waals surface area contributed by atoms with E-state index in [-0.39, 0.29) is 4.65 Å². The molecule has 0 radical (unpaired) electrons. The number of aromatic nitrogens is 1. The fourth-order valence-electron chi connectivity index (χ4n) is 1.87. The predicted octanol–water partition coefficient (Wildman–Crippen LogP) is 3.85. The second kappa shape index (κ2) is 6.31. The molecule has 2 aromatic rings. The van der Waals surface area contributed by atoms with Crippen molar-refractivity contribution in [3.63, 3.8) is 0 Å². The van der Waals surface area contributed by atoms with Gasteiger partial charge >= 0.3 is 0 Å². The molecule has 4 heteroatoms. The summed E-state index contributed by atoms with van der Waals surface area (Å²) < 4.78 is 0.687. The van der Waals surface area contributed by atoms with E-state index in [0.29, 0.717) is 6.54 Å². The van der Waals surface area contributed by atoms with E-state index in [1.807, 2.05) is 48.7 Å². The number of likely N-dealkylation sites (N-methyl/N-ethyl adjacent to an activating group) is 1. The first kappa shape index (κ1) is 14.9. The largest absolute Gasteiger partial charge is 0.633 e. The fraction of sp³-hybridized carbons (Fsp3) is 0.188. The molecule has 104 valence electrons. The number of benzene rings is 1. The highest BCUT2D eigenvalue weighted by atomic mass is 79.9. The van der Waals surface area contributed by atoms with Gasteiger partial charge in [0, 0.05) is 22.4 Å². The van der Waals surface area contributed by atoms with Gasteiger partial charge in [0.05, 0.1) is 20.6 Å². The lowest BCUT2D eigenvalue weighted by Gasteiger charge is -2.32. The molecule has 0 amide bonds. The molecule has 0 aliphatic carbocycles. The van der Waals surface area contributed by atoms with Crippen LogP contribution in [0.3, 0.4) is 0 Å². The number of hydrogen-bond acceptors (Lipinski definition) is 2. The summed E-state index contributed by atoms with van der Waals surface area (Å²) in [7, 11) is 3.28. The van der Waals surface area contributed by atoms with Crippen molar-refractivity contribution in [1.82, 2.24) is 4.98 Å². The van der Waals surface area contributed by atoms with Crippen molar-refractivity contribution in [2.45, 2.75) is 0 Å². The zero-order valence-corrected chi connectivity index (χ0v) is 13.2. The number of nitrogens with zero attached hydrogens (tertiary/aromatic N) is 2. The number of hydrogen-bond donors (Lipinski definition) is 0.